The number of hydrogen-bond donors (Lipinski definition) is 1. The highest BCUT2D eigenvalue weighted by molar-refractivity contribution is 5.98. The highest BCUT2D eigenvalue weighted by atomic mass is 14.9. The second kappa shape index (κ2) is 4.43. The van der Waals surface area contributed by atoms with Crippen molar-refractivity contribution in [2.45, 2.75) is 6.92 Å². The van der Waals surface area contributed by atoms with Gasteiger partial charge in [0.25, 0.3) is 0 Å². The Bertz CT molecular complexity index is 851. The monoisotopic (exact) mass is 261 g/mol. The van der Waals surface area contributed by atoms with Crippen LogP contribution in [-0.4, -0.2) is 4.57 Å². The van der Waals surface area contributed by atoms with Crippen LogP contribution in [0, 0.1) is 18.3 Å². The summed E-state index contributed by atoms with van der Waals surface area (Å²) >= 11 is 0. The molecular formula is C17H15N3. The molecule has 20 heavy (non-hydrogen) atoms. The van der Waals surface area contributed by atoms with Gasteiger partial charge in [-0.05, 0) is 42.3 Å². The third kappa shape index (κ3) is 1.74. The van der Waals surface area contributed by atoms with Gasteiger partial charge >= 0.3 is 0 Å². The van der Waals surface area contributed by atoms with Crippen molar-refractivity contribution in [3.8, 4) is 17.2 Å². The number of nitrogens with zero attached hydrogens (tertiary/aromatic N) is 2. The Labute approximate surface area is 117 Å². The first kappa shape index (κ1) is 12.3. The highest BCUT2D eigenvalue weighted by Gasteiger charge is 2.12. The number of rotatable bonds is 1. The first-order valence-corrected chi connectivity index (χ1v) is 6.46. The summed E-state index contributed by atoms with van der Waals surface area (Å²) in [6.45, 7) is 2.03. The van der Waals surface area contributed by atoms with Crippen LogP contribution in [0.1, 0.15) is 11.1 Å². The molecule has 2 N–H and O–H groups in total. The molecule has 1 heterocycles. The van der Waals surface area contributed by atoms with Gasteiger partial charge in [-0.2, -0.15) is 5.26 Å². The van der Waals surface area contributed by atoms with Crippen LogP contribution < -0.4 is 5.73 Å². The maximum atomic E-state index is 9.09. The fourth-order valence-corrected chi connectivity index (χ4v) is 2.62. The van der Waals surface area contributed by atoms with E-state index in [1.807, 2.05) is 44.3 Å². The van der Waals surface area contributed by atoms with Gasteiger partial charge in [-0.1, -0.05) is 12.1 Å². The zero-order valence-corrected chi connectivity index (χ0v) is 11.5. The summed E-state index contributed by atoms with van der Waals surface area (Å²) in [7, 11) is 2.01. The standard InChI is InChI=1S/C17H15N3/c1-11-13(4-3-5-16(11)19)15-10-20(2)17-7-6-12(9-18)8-14(15)17/h3-8,10H,19H2,1-2H3. The largest absolute Gasteiger partial charge is 0.398 e. The summed E-state index contributed by atoms with van der Waals surface area (Å²) in [6.07, 6.45) is 2.09. The summed E-state index contributed by atoms with van der Waals surface area (Å²) in [4.78, 5) is 0. The molecule has 3 rings (SSSR count). The number of hydrogen-bond acceptors (Lipinski definition) is 2. The van der Waals surface area contributed by atoms with E-state index in [9.17, 15) is 0 Å². The Morgan fingerprint density at radius 1 is 1.15 bits per heavy atom. The van der Waals surface area contributed by atoms with Gasteiger partial charge in [-0.3, -0.25) is 0 Å². The Morgan fingerprint density at radius 3 is 2.70 bits per heavy atom. The first-order valence-electron chi connectivity index (χ1n) is 6.46. The Hall–Kier alpha value is -2.73. The first-order chi connectivity index (χ1) is 9.61. The molecule has 3 nitrogen and oxygen atoms in total. The molecule has 3 heteroatoms. The van der Waals surface area contributed by atoms with E-state index in [2.05, 4.69) is 22.9 Å². The summed E-state index contributed by atoms with van der Waals surface area (Å²) in [5.41, 5.74) is 11.9. The van der Waals surface area contributed by atoms with Gasteiger partial charge in [0, 0.05) is 35.4 Å². The molecule has 0 radical (unpaired) electrons. The molecule has 0 aliphatic rings. The fourth-order valence-electron chi connectivity index (χ4n) is 2.62. The minimum atomic E-state index is 0.673. The van der Waals surface area contributed by atoms with Gasteiger partial charge in [0.1, 0.15) is 0 Å². The lowest BCUT2D eigenvalue weighted by Gasteiger charge is -2.07. The van der Waals surface area contributed by atoms with Crippen LogP contribution in [-0.2, 0) is 7.05 Å². The Morgan fingerprint density at radius 2 is 1.95 bits per heavy atom. The third-order valence-electron chi connectivity index (χ3n) is 3.78. The number of nitriles is 1. The molecule has 1 aromatic heterocycles. The lowest BCUT2D eigenvalue weighted by atomic mass is 9.98. The zero-order chi connectivity index (χ0) is 14.3. The second-order valence-electron chi connectivity index (χ2n) is 5.02. The lowest BCUT2D eigenvalue weighted by Crippen LogP contribution is -1.91. The van der Waals surface area contributed by atoms with Gasteiger partial charge in [0.05, 0.1) is 11.6 Å². The summed E-state index contributed by atoms with van der Waals surface area (Å²) in [6, 6.07) is 13.9. The average Bonchev–Trinajstić information content (AvgIpc) is 2.78. The van der Waals surface area contributed by atoms with Gasteiger partial charge in [0.15, 0.2) is 0 Å². The molecule has 0 aliphatic heterocycles. The van der Waals surface area contributed by atoms with Crippen molar-refractivity contribution in [1.82, 2.24) is 4.57 Å². The Kier molecular flexibility index (Phi) is 2.73. The van der Waals surface area contributed by atoms with Crippen molar-refractivity contribution in [1.29, 1.82) is 5.26 Å². The lowest BCUT2D eigenvalue weighted by molar-refractivity contribution is 0.970. The van der Waals surface area contributed by atoms with Crippen molar-refractivity contribution in [3.05, 3.63) is 53.7 Å². The van der Waals surface area contributed by atoms with Crippen LogP contribution >= 0.6 is 0 Å². The van der Waals surface area contributed by atoms with E-state index in [-0.39, 0.29) is 0 Å². The van der Waals surface area contributed by atoms with E-state index < -0.39 is 0 Å². The molecule has 0 saturated carbocycles. The summed E-state index contributed by atoms with van der Waals surface area (Å²) in [5, 5.41) is 10.2. The topological polar surface area (TPSA) is 54.7 Å². The Balaban J connectivity index is 2.37. The maximum Gasteiger partial charge on any atom is 0.0991 e. The minimum Gasteiger partial charge on any atom is -0.398 e. The molecule has 0 bridgehead atoms. The van der Waals surface area contributed by atoms with Gasteiger partial charge < -0.3 is 10.3 Å². The third-order valence-corrected chi connectivity index (χ3v) is 3.78. The molecule has 0 aliphatic carbocycles. The predicted octanol–water partition coefficient (Wildman–Crippen LogP) is 3.61. The van der Waals surface area contributed by atoms with Crippen molar-refractivity contribution < 1.29 is 0 Å². The summed E-state index contributed by atoms with van der Waals surface area (Å²) < 4.78 is 2.08. The van der Waals surface area contributed by atoms with Crippen molar-refractivity contribution in [3.63, 3.8) is 0 Å². The smallest absolute Gasteiger partial charge is 0.0991 e. The molecule has 0 spiro atoms. The van der Waals surface area contributed by atoms with E-state index in [4.69, 9.17) is 11.0 Å². The van der Waals surface area contributed by atoms with Crippen LogP contribution in [0.2, 0.25) is 0 Å². The molecule has 0 amide bonds. The number of anilines is 1. The SMILES string of the molecule is Cc1c(N)cccc1-c1cn(C)c2ccc(C#N)cc12. The molecule has 0 atom stereocenters. The number of fused-ring (bicyclic) bond motifs is 1. The molecular weight excluding hydrogens is 246 g/mol. The fraction of sp³-hybridized carbons (Fsp3) is 0.118. The van der Waals surface area contributed by atoms with E-state index >= 15 is 0 Å². The number of aromatic nitrogens is 1. The maximum absolute atomic E-state index is 9.09. The van der Waals surface area contributed by atoms with E-state index in [0.717, 1.165) is 33.3 Å². The van der Waals surface area contributed by atoms with E-state index in [1.165, 1.54) is 0 Å². The van der Waals surface area contributed by atoms with Gasteiger partial charge in [0.2, 0.25) is 0 Å². The average molecular weight is 261 g/mol. The van der Waals surface area contributed by atoms with Crippen LogP contribution in [0.25, 0.3) is 22.0 Å². The van der Waals surface area contributed by atoms with Crippen molar-refractivity contribution in [2.75, 3.05) is 5.73 Å². The molecule has 3 aromatic rings. The molecule has 0 fully saturated rings. The highest BCUT2D eigenvalue weighted by Crippen LogP contribution is 2.34. The van der Waals surface area contributed by atoms with Crippen molar-refractivity contribution >= 4 is 16.6 Å². The molecule has 2 aromatic carbocycles. The number of aryl methyl sites for hydroxylation is 1. The normalized spacial score (nSPS) is 10.7. The molecule has 0 saturated heterocycles. The van der Waals surface area contributed by atoms with Crippen molar-refractivity contribution in [2.24, 2.45) is 7.05 Å². The zero-order valence-electron chi connectivity index (χ0n) is 11.5. The van der Waals surface area contributed by atoms with Gasteiger partial charge in [-0.15, -0.1) is 0 Å². The molecule has 98 valence electrons. The second-order valence-corrected chi connectivity index (χ2v) is 5.02. The van der Waals surface area contributed by atoms with Crippen LogP contribution in [0.4, 0.5) is 5.69 Å². The van der Waals surface area contributed by atoms with E-state index in [1.54, 1.807) is 0 Å². The van der Waals surface area contributed by atoms with E-state index in [0.29, 0.717) is 5.56 Å². The molecule has 0 unspecified atom stereocenters. The predicted molar refractivity (Wildman–Crippen MR) is 82.2 cm³/mol. The number of nitrogens with two attached hydrogens (primary N) is 1. The van der Waals surface area contributed by atoms with Crippen LogP contribution in [0.3, 0.4) is 0 Å². The number of benzene rings is 2. The summed E-state index contributed by atoms with van der Waals surface area (Å²) in [5.74, 6) is 0. The number of nitrogen functional groups attached to an aromatic ring is 1. The van der Waals surface area contributed by atoms with Crippen LogP contribution in [0.5, 0.6) is 0 Å². The minimum absolute atomic E-state index is 0.673. The van der Waals surface area contributed by atoms with Crippen LogP contribution in [0.15, 0.2) is 42.6 Å². The van der Waals surface area contributed by atoms with Gasteiger partial charge in [-0.25, -0.2) is 0 Å². The quantitative estimate of drug-likeness (QED) is 0.680.